The average molecular weight is 254 g/mol. The molecule has 0 amide bonds. The van der Waals surface area contributed by atoms with E-state index in [1.807, 2.05) is 39.0 Å². The van der Waals surface area contributed by atoms with Gasteiger partial charge in [0.15, 0.2) is 0 Å². The van der Waals surface area contributed by atoms with Crippen molar-refractivity contribution in [1.29, 1.82) is 0 Å². The van der Waals surface area contributed by atoms with Gasteiger partial charge in [0.2, 0.25) is 0 Å². The summed E-state index contributed by atoms with van der Waals surface area (Å²) in [6.07, 6.45) is 0.718. The summed E-state index contributed by atoms with van der Waals surface area (Å²) in [5.41, 5.74) is 7.69. The smallest absolute Gasteiger partial charge is 0.138 e. The molecule has 0 aromatic heterocycles. The van der Waals surface area contributed by atoms with Crippen molar-refractivity contribution in [3.05, 3.63) is 40.9 Å². The van der Waals surface area contributed by atoms with E-state index in [-0.39, 0.29) is 5.54 Å². The number of rotatable bonds is 5. The molecule has 17 heavy (non-hydrogen) atoms. The van der Waals surface area contributed by atoms with Crippen LogP contribution < -0.4 is 10.5 Å². The van der Waals surface area contributed by atoms with E-state index >= 15 is 0 Å². The van der Waals surface area contributed by atoms with Gasteiger partial charge in [-0.3, -0.25) is 0 Å². The van der Waals surface area contributed by atoms with Gasteiger partial charge in [-0.15, -0.1) is 0 Å². The molecule has 0 radical (unpaired) electrons. The lowest BCUT2D eigenvalue weighted by atomic mass is 9.96. The van der Waals surface area contributed by atoms with Crippen molar-refractivity contribution >= 4 is 11.6 Å². The Labute approximate surface area is 108 Å². The Morgan fingerprint density at radius 3 is 2.65 bits per heavy atom. The second kappa shape index (κ2) is 5.56. The minimum atomic E-state index is -0.281. The zero-order chi connectivity index (χ0) is 13.1. The lowest BCUT2D eigenvalue weighted by Gasteiger charge is -2.20. The second-order valence-corrected chi connectivity index (χ2v) is 5.52. The fraction of sp³-hybridized carbons (Fsp3) is 0.429. The third-order valence-electron chi connectivity index (χ3n) is 2.16. The third kappa shape index (κ3) is 4.80. The van der Waals surface area contributed by atoms with Gasteiger partial charge in [0.25, 0.3) is 0 Å². The molecule has 0 heterocycles. The standard InChI is InChI=1S/C14H20ClNO/c1-10(2)9-17-12-7-5-6-11(13(12)15)8-14(3,4)16/h5-7H,1,8-9,16H2,2-4H3. The zero-order valence-electron chi connectivity index (χ0n) is 10.7. The van der Waals surface area contributed by atoms with Gasteiger partial charge < -0.3 is 10.5 Å². The molecule has 3 heteroatoms. The molecule has 0 saturated carbocycles. The summed E-state index contributed by atoms with van der Waals surface area (Å²) in [5.74, 6) is 0.691. The molecule has 0 fully saturated rings. The predicted molar refractivity (Wildman–Crippen MR) is 73.7 cm³/mol. The first-order valence-electron chi connectivity index (χ1n) is 5.63. The maximum absolute atomic E-state index is 6.29. The molecule has 94 valence electrons. The van der Waals surface area contributed by atoms with Crippen LogP contribution in [0.2, 0.25) is 5.02 Å². The van der Waals surface area contributed by atoms with E-state index in [4.69, 9.17) is 22.1 Å². The Balaban J connectivity index is 2.87. The van der Waals surface area contributed by atoms with Crippen molar-refractivity contribution in [1.82, 2.24) is 0 Å². The van der Waals surface area contributed by atoms with Gasteiger partial charge in [-0.1, -0.05) is 30.3 Å². The van der Waals surface area contributed by atoms with Gasteiger partial charge >= 0.3 is 0 Å². The Kier molecular flexibility index (Phi) is 4.61. The van der Waals surface area contributed by atoms with Gasteiger partial charge in [0.1, 0.15) is 12.4 Å². The lowest BCUT2D eigenvalue weighted by Crippen LogP contribution is -2.34. The van der Waals surface area contributed by atoms with Crippen LogP contribution in [0.5, 0.6) is 5.75 Å². The molecule has 1 aromatic carbocycles. The SMILES string of the molecule is C=C(C)COc1cccc(CC(C)(C)N)c1Cl. The van der Waals surface area contributed by atoms with E-state index in [9.17, 15) is 0 Å². The van der Waals surface area contributed by atoms with Crippen LogP contribution in [0.4, 0.5) is 0 Å². The van der Waals surface area contributed by atoms with Crippen molar-refractivity contribution in [3.8, 4) is 5.75 Å². The van der Waals surface area contributed by atoms with Gasteiger partial charge in [-0.05, 0) is 44.4 Å². The molecule has 0 unspecified atom stereocenters. The van der Waals surface area contributed by atoms with Crippen LogP contribution in [0.15, 0.2) is 30.4 Å². The molecule has 0 spiro atoms. The number of ether oxygens (including phenoxy) is 1. The molecule has 1 rings (SSSR count). The van der Waals surface area contributed by atoms with Crippen molar-refractivity contribution in [2.75, 3.05) is 6.61 Å². The molecule has 0 aliphatic heterocycles. The van der Waals surface area contributed by atoms with E-state index < -0.39 is 0 Å². The first-order chi connectivity index (χ1) is 7.79. The molecule has 0 aliphatic carbocycles. The lowest BCUT2D eigenvalue weighted by molar-refractivity contribution is 0.352. The average Bonchev–Trinajstić information content (AvgIpc) is 2.17. The van der Waals surface area contributed by atoms with E-state index in [2.05, 4.69) is 6.58 Å². The summed E-state index contributed by atoms with van der Waals surface area (Å²) in [6.45, 7) is 10.1. The van der Waals surface area contributed by atoms with Gasteiger partial charge in [-0.25, -0.2) is 0 Å². The summed E-state index contributed by atoms with van der Waals surface area (Å²) >= 11 is 6.29. The molecule has 0 bridgehead atoms. The minimum absolute atomic E-state index is 0.281. The fourth-order valence-corrected chi connectivity index (χ4v) is 1.74. The molecule has 0 saturated heterocycles. The van der Waals surface area contributed by atoms with E-state index in [1.54, 1.807) is 0 Å². The first kappa shape index (κ1) is 14.1. The quantitative estimate of drug-likeness (QED) is 0.815. The Hall–Kier alpha value is -0.990. The first-order valence-corrected chi connectivity index (χ1v) is 6.01. The predicted octanol–water partition coefficient (Wildman–Crippen LogP) is 3.57. The third-order valence-corrected chi connectivity index (χ3v) is 2.59. The monoisotopic (exact) mass is 253 g/mol. The van der Waals surface area contributed by atoms with Crippen LogP contribution in [-0.2, 0) is 6.42 Å². The highest BCUT2D eigenvalue weighted by molar-refractivity contribution is 6.32. The van der Waals surface area contributed by atoms with Crippen LogP contribution in [0, 0.1) is 0 Å². The zero-order valence-corrected chi connectivity index (χ0v) is 11.5. The maximum Gasteiger partial charge on any atom is 0.138 e. The summed E-state index contributed by atoms with van der Waals surface area (Å²) in [5, 5.41) is 0.646. The molecule has 0 atom stereocenters. The molecular weight excluding hydrogens is 234 g/mol. The topological polar surface area (TPSA) is 35.2 Å². The highest BCUT2D eigenvalue weighted by Gasteiger charge is 2.15. The van der Waals surface area contributed by atoms with Crippen molar-refractivity contribution < 1.29 is 4.74 Å². The molecule has 0 aliphatic rings. The number of benzene rings is 1. The van der Waals surface area contributed by atoms with E-state index in [0.29, 0.717) is 17.4 Å². The number of hydrogen-bond donors (Lipinski definition) is 1. The molecule has 1 aromatic rings. The summed E-state index contributed by atoms with van der Waals surface area (Å²) < 4.78 is 5.58. The second-order valence-electron chi connectivity index (χ2n) is 5.14. The van der Waals surface area contributed by atoms with Crippen molar-refractivity contribution in [2.24, 2.45) is 5.73 Å². The van der Waals surface area contributed by atoms with Crippen LogP contribution in [0.3, 0.4) is 0 Å². The van der Waals surface area contributed by atoms with Crippen molar-refractivity contribution in [2.45, 2.75) is 32.7 Å². The fourth-order valence-electron chi connectivity index (χ4n) is 1.50. The largest absolute Gasteiger partial charge is 0.488 e. The number of hydrogen-bond acceptors (Lipinski definition) is 2. The summed E-state index contributed by atoms with van der Waals surface area (Å²) in [7, 11) is 0. The number of nitrogens with two attached hydrogens (primary N) is 1. The molecule has 2 nitrogen and oxygen atoms in total. The van der Waals surface area contributed by atoms with E-state index in [0.717, 1.165) is 17.6 Å². The van der Waals surface area contributed by atoms with Crippen molar-refractivity contribution in [3.63, 3.8) is 0 Å². The van der Waals surface area contributed by atoms with Crippen LogP contribution in [-0.4, -0.2) is 12.1 Å². The highest BCUT2D eigenvalue weighted by Crippen LogP contribution is 2.30. The van der Waals surface area contributed by atoms with Gasteiger partial charge in [-0.2, -0.15) is 0 Å². The van der Waals surface area contributed by atoms with Crippen LogP contribution in [0.1, 0.15) is 26.3 Å². The van der Waals surface area contributed by atoms with E-state index in [1.165, 1.54) is 0 Å². The Morgan fingerprint density at radius 1 is 1.47 bits per heavy atom. The maximum atomic E-state index is 6.29. The molecule has 2 N–H and O–H groups in total. The van der Waals surface area contributed by atoms with Gasteiger partial charge in [0.05, 0.1) is 5.02 Å². The normalized spacial score (nSPS) is 11.4. The minimum Gasteiger partial charge on any atom is -0.488 e. The molecular formula is C14H20ClNO. The van der Waals surface area contributed by atoms with Crippen LogP contribution in [0.25, 0.3) is 0 Å². The van der Waals surface area contributed by atoms with Gasteiger partial charge in [0, 0.05) is 5.54 Å². The number of halogens is 1. The Bertz CT molecular complexity index is 407. The summed E-state index contributed by atoms with van der Waals surface area (Å²) in [4.78, 5) is 0. The summed E-state index contributed by atoms with van der Waals surface area (Å²) in [6, 6.07) is 5.77. The van der Waals surface area contributed by atoms with Crippen LogP contribution >= 0.6 is 11.6 Å². The Morgan fingerprint density at radius 2 is 2.12 bits per heavy atom. The highest BCUT2D eigenvalue weighted by atomic mass is 35.5.